The highest BCUT2D eigenvalue weighted by atomic mass is 19.1. The Balaban J connectivity index is 1.54. The molecule has 0 spiro atoms. The van der Waals surface area contributed by atoms with Crippen molar-refractivity contribution in [3.05, 3.63) is 35.4 Å². The first-order chi connectivity index (χ1) is 17.1. The predicted molar refractivity (Wildman–Crippen MR) is 138 cm³/mol. The number of alkyl halides is 1. The van der Waals surface area contributed by atoms with E-state index in [1.54, 1.807) is 0 Å². The first kappa shape index (κ1) is 28.1. The normalized spacial score (nSPS) is 25.5. The molecule has 4 nitrogen and oxygen atoms in total. The molecule has 0 N–H and O–H groups in total. The molecule has 0 bridgehead atoms. The molecule has 5 heteroatoms. The van der Waals surface area contributed by atoms with E-state index in [1.807, 2.05) is 0 Å². The minimum absolute atomic E-state index is 0.0667. The second-order valence-electron chi connectivity index (χ2n) is 10.5. The number of benzene rings is 1. The zero-order chi connectivity index (χ0) is 24.9. The average Bonchev–Trinajstić information content (AvgIpc) is 3.26. The van der Waals surface area contributed by atoms with Crippen molar-refractivity contribution in [3.63, 3.8) is 0 Å². The van der Waals surface area contributed by atoms with Gasteiger partial charge in [-0.25, -0.2) is 4.39 Å². The average molecular weight is 491 g/mol. The lowest BCUT2D eigenvalue weighted by molar-refractivity contribution is -0.191. The van der Waals surface area contributed by atoms with Crippen molar-refractivity contribution in [1.29, 1.82) is 0 Å². The Labute approximate surface area is 212 Å². The maximum absolute atomic E-state index is 14.8. The molecule has 1 saturated carbocycles. The molecule has 198 valence electrons. The third-order valence-corrected chi connectivity index (χ3v) is 7.89. The number of halogens is 1. The molecule has 2 aliphatic rings. The lowest BCUT2D eigenvalue weighted by atomic mass is 9.84. The summed E-state index contributed by atoms with van der Waals surface area (Å²) in [6.45, 7) is 3.03. The molecule has 1 aliphatic heterocycles. The zero-order valence-corrected chi connectivity index (χ0v) is 22.0. The van der Waals surface area contributed by atoms with Crippen molar-refractivity contribution in [2.45, 2.75) is 128 Å². The lowest BCUT2D eigenvalue weighted by Gasteiger charge is -2.28. The Hall–Kier alpha value is -1.46. The summed E-state index contributed by atoms with van der Waals surface area (Å²) in [6, 6.07) is 8.87. The quantitative estimate of drug-likeness (QED) is 0.184. The number of esters is 1. The number of unbranched alkanes of at least 4 members (excludes halogenated alkanes) is 5. The van der Waals surface area contributed by atoms with Gasteiger partial charge in [0.2, 0.25) is 0 Å². The van der Waals surface area contributed by atoms with E-state index in [1.165, 1.54) is 37.5 Å². The van der Waals surface area contributed by atoms with Crippen molar-refractivity contribution in [2.24, 2.45) is 5.92 Å². The number of hydrogen-bond donors (Lipinski definition) is 0. The molecular weight excluding hydrogens is 443 g/mol. The van der Waals surface area contributed by atoms with Crippen LogP contribution in [0, 0.1) is 5.92 Å². The van der Waals surface area contributed by atoms with Crippen LogP contribution in [-0.4, -0.2) is 32.1 Å². The fourth-order valence-corrected chi connectivity index (χ4v) is 5.77. The van der Waals surface area contributed by atoms with E-state index in [0.717, 1.165) is 70.8 Å². The Morgan fingerprint density at radius 3 is 2.54 bits per heavy atom. The second-order valence-corrected chi connectivity index (χ2v) is 10.5. The minimum Gasteiger partial charge on any atom is -0.469 e. The van der Waals surface area contributed by atoms with Crippen molar-refractivity contribution in [1.82, 2.24) is 0 Å². The lowest BCUT2D eigenvalue weighted by Crippen LogP contribution is -2.24. The van der Waals surface area contributed by atoms with Gasteiger partial charge in [0.05, 0.1) is 13.2 Å². The van der Waals surface area contributed by atoms with Crippen LogP contribution in [-0.2, 0) is 19.0 Å². The maximum atomic E-state index is 14.8. The first-order valence-corrected chi connectivity index (χ1v) is 14.2. The summed E-state index contributed by atoms with van der Waals surface area (Å²) < 4.78 is 31.8. The molecule has 3 unspecified atom stereocenters. The van der Waals surface area contributed by atoms with E-state index in [9.17, 15) is 9.18 Å². The Morgan fingerprint density at radius 1 is 1.03 bits per heavy atom. The molecule has 5 atom stereocenters. The van der Waals surface area contributed by atoms with Gasteiger partial charge >= 0.3 is 5.97 Å². The highest BCUT2D eigenvalue weighted by molar-refractivity contribution is 5.68. The fourth-order valence-electron chi connectivity index (χ4n) is 5.77. The summed E-state index contributed by atoms with van der Waals surface area (Å²) in [5, 5.41) is 0. The molecule has 0 radical (unpaired) electrons. The SMILES string of the molecule is CCCCCC(OC1CCCCO1)c1ccc(C2CC[C@@H](F)[C@@H]2CCCCCCC(=O)OC)cc1. The molecule has 3 rings (SSSR count). The van der Waals surface area contributed by atoms with Gasteiger partial charge in [-0.15, -0.1) is 0 Å². The Kier molecular flexibility index (Phi) is 12.5. The third kappa shape index (κ3) is 9.17. The van der Waals surface area contributed by atoms with Crippen LogP contribution in [0.2, 0.25) is 0 Å². The number of hydrogen-bond acceptors (Lipinski definition) is 4. The van der Waals surface area contributed by atoms with Crippen LogP contribution in [0.3, 0.4) is 0 Å². The van der Waals surface area contributed by atoms with Gasteiger partial charge in [-0.1, -0.05) is 69.7 Å². The Morgan fingerprint density at radius 2 is 1.83 bits per heavy atom. The van der Waals surface area contributed by atoms with Gasteiger partial charge in [0.25, 0.3) is 0 Å². The second kappa shape index (κ2) is 15.6. The minimum atomic E-state index is -0.705. The van der Waals surface area contributed by atoms with Crippen molar-refractivity contribution in [3.8, 4) is 0 Å². The maximum Gasteiger partial charge on any atom is 0.305 e. The van der Waals surface area contributed by atoms with Crippen LogP contribution >= 0.6 is 0 Å². The van der Waals surface area contributed by atoms with Crippen LogP contribution in [0.1, 0.15) is 126 Å². The van der Waals surface area contributed by atoms with E-state index < -0.39 is 6.17 Å². The summed E-state index contributed by atoms with van der Waals surface area (Å²) in [7, 11) is 1.43. The van der Waals surface area contributed by atoms with Gasteiger partial charge in [-0.05, 0) is 74.3 Å². The van der Waals surface area contributed by atoms with Crippen LogP contribution in [0.25, 0.3) is 0 Å². The molecule has 0 amide bonds. The van der Waals surface area contributed by atoms with Crippen molar-refractivity contribution >= 4 is 5.97 Å². The molecule has 1 aromatic carbocycles. The van der Waals surface area contributed by atoms with Crippen LogP contribution < -0.4 is 0 Å². The third-order valence-electron chi connectivity index (χ3n) is 7.89. The highest BCUT2D eigenvalue weighted by Gasteiger charge is 2.36. The zero-order valence-electron chi connectivity index (χ0n) is 22.0. The summed E-state index contributed by atoms with van der Waals surface area (Å²) in [5.74, 6) is 0.265. The fraction of sp³-hybridized carbons (Fsp3) is 0.767. The van der Waals surface area contributed by atoms with Gasteiger partial charge in [0.1, 0.15) is 6.17 Å². The summed E-state index contributed by atoms with van der Waals surface area (Å²) in [4.78, 5) is 11.2. The van der Waals surface area contributed by atoms with E-state index in [-0.39, 0.29) is 24.3 Å². The standard InChI is InChI=1S/C30H47FO4/c1-3-4-7-13-28(35-30-15-10-11-22-34-30)24-18-16-23(17-19-24)25-20-21-27(31)26(25)12-8-5-6-9-14-29(32)33-2/h16-19,25-28,30H,3-15,20-22H2,1-2H3/t25?,26-,27-,28?,30?/m1/s1. The first-order valence-electron chi connectivity index (χ1n) is 14.2. The van der Waals surface area contributed by atoms with E-state index in [4.69, 9.17) is 14.2 Å². The van der Waals surface area contributed by atoms with Gasteiger partial charge < -0.3 is 14.2 Å². The number of ether oxygens (including phenoxy) is 3. The van der Waals surface area contributed by atoms with Gasteiger partial charge in [0.15, 0.2) is 6.29 Å². The van der Waals surface area contributed by atoms with Crippen molar-refractivity contribution < 1.29 is 23.4 Å². The molecule has 1 heterocycles. The number of rotatable bonds is 15. The summed E-state index contributed by atoms with van der Waals surface area (Å²) in [5.41, 5.74) is 2.49. The molecular formula is C30H47FO4. The molecule has 1 aromatic rings. The summed E-state index contributed by atoms with van der Waals surface area (Å²) in [6.07, 6.45) is 14.1. The van der Waals surface area contributed by atoms with E-state index in [2.05, 4.69) is 31.2 Å². The van der Waals surface area contributed by atoms with E-state index in [0.29, 0.717) is 18.8 Å². The van der Waals surface area contributed by atoms with Gasteiger partial charge in [0, 0.05) is 13.0 Å². The van der Waals surface area contributed by atoms with Gasteiger partial charge in [-0.2, -0.15) is 0 Å². The van der Waals surface area contributed by atoms with Crippen LogP contribution in [0.5, 0.6) is 0 Å². The smallest absolute Gasteiger partial charge is 0.305 e. The topological polar surface area (TPSA) is 44.8 Å². The molecule has 1 aliphatic carbocycles. The van der Waals surface area contributed by atoms with Crippen LogP contribution in [0.4, 0.5) is 4.39 Å². The molecule has 35 heavy (non-hydrogen) atoms. The Bertz CT molecular complexity index is 716. The number of carbonyl (C=O) groups excluding carboxylic acids is 1. The number of methoxy groups -OCH3 is 1. The van der Waals surface area contributed by atoms with Crippen molar-refractivity contribution in [2.75, 3.05) is 13.7 Å². The highest BCUT2D eigenvalue weighted by Crippen LogP contribution is 2.44. The predicted octanol–water partition coefficient (Wildman–Crippen LogP) is 8.20. The largest absolute Gasteiger partial charge is 0.469 e. The number of carbonyl (C=O) groups is 1. The molecule has 0 aromatic heterocycles. The summed E-state index contributed by atoms with van der Waals surface area (Å²) >= 11 is 0. The monoisotopic (exact) mass is 490 g/mol. The van der Waals surface area contributed by atoms with E-state index >= 15 is 0 Å². The van der Waals surface area contributed by atoms with Crippen LogP contribution in [0.15, 0.2) is 24.3 Å². The molecule has 2 fully saturated rings. The van der Waals surface area contributed by atoms with Gasteiger partial charge in [-0.3, -0.25) is 4.79 Å². The molecule has 1 saturated heterocycles.